The average Bonchev–Trinajstić information content (AvgIpc) is 2.90. The zero-order valence-corrected chi connectivity index (χ0v) is 10.3. The van der Waals surface area contributed by atoms with E-state index in [-0.39, 0.29) is 6.10 Å². The minimum atomic E-state index is -0.0395. The average molecular weight is 247 g/mol. The van der Waals surface area contributed by atoms with Crippen LogP contribution < -0.4 is 4.74 Å². The van der Waals surface area contributed by atoms with E-state index in [0.29, 0.717) is 0 Å². The summed E-state index contributed by atoms with van der Waals surface area (Å²) < 4.78 is 6.03. The van der Waals surface area contributed by atoms with Gasteiger partial charge in [-0.2, -0.15) is 0 Å². The third-order valence-electron chi connectivity index (χ3n) is 3.48. The van der Waals surface area contributed by atoms with Crippen LogP contribution in [0.3, 0.4) is 0 Å². The second-order valence-corrected chi connectivity index (χ2v) is 4.75. The van der Waals surface area contributed by atoms with Gasteiger partial charge in [-0.05, 0) is 29.7 Å². The Morgan fingerprint density at radius 2 is 1.79 bits per heavy atom. The van der Waals surface area contributed by atoms with Crippen LogP contribution in [0.1, 0.15) is 17.4 Å². The molecule has 4 rings (SSSR count). The molecule has 2 heteroatoms. The van der Waals surface area contributed by atoms with Gasteiger partial charge in [0, 0.05) is 11.1 Å². The molecule has 0 amide bonds. The largest absolute Gasteiger partial charge is 0.479 e. The number of para-hydroxylation sites is 2. The highest BCUT2D eigenvalue weighted by Crippen LogP contribution is 2.32. The fourth-order valence-corrected chi connectivity index (χ4v) is 2.51. The van der Waals surface area contributed by atoms with E-state index in [9.17, 15) is 0 Å². The number of fused-ring (bicyclic) bond motifs is 2. The second kappa shape index (κ2) is 4.02. The van der Waals surface area contributed by atoms with Crippen LogP contribution in [0.25, 0.3) is 17.0 Å². The first-order valence-electron chi connectivity index (χ1n) is 6.42. The number of H-pyrrole nitrogens is 1. The molecule has 1 unspecified atom stereocenters. The summed E-state index contributed by atoms with van der Waals surface area (Å²) in [5.74, 6) is 0.939. The highest BCUT2D eigenvalue weighted by Gasteiger charge is 2.17. The van der Waals surface area contributed by atoms with Crippen molar-refractivity contribution in [3.8, 4) is 5.75 Å². The Kier molecular flexibility index (Phi) is 2.21. The number of ether oxygens (including phenoxy) is 1. The molecule has 1 aromatic heterocycles. The maximum Gasteiger partial charge on any atom is 0.157 e. The van der Waals surface area contributed by atoms with Crippen molar-refractivity contribution in [1.82, 2.24) is 4.98 Å². The Morgan fingerprint density at radius 1 is 0.947 bits per heavy atom. The standard InChI is InChI=1S/C17H13NO/c1-3-7-14-13(6-1)11-15(18-14)17-10-9-12-5-2-4-8-16(12)19-17/h1-11,17-18H. The van der Waals surface area contributed by atoms with Gasteiger partial charge in [-0.1, -0.05) is 42.5 Å². The van der Waals surface area contributed by atoms with E-state index < -0.39 is 0 Å². The summed E-state index contributed by atoms with van der Waals surface area (Å²) in [6.45, 7) is 0. The van der Waals surface area contributed by atoms with Crippen molar-refractivity contribution in [3.63, 3.8) is 0 Å². The molecular weight excluding hydrogens is 234 g/mol. The molecule has 0 radical (unpaired) electrons. The van der Waals surface area contributed by atoms with Crippen molar-refractivity contribution < 1.29 is 4.74 Å². The predicted octanol–water partition coefficient (Wildman–Crippen LogP) is 4.31. The van der Waals surface area contributed by atoms with E-state index in [1.807, 2.05) is 30.3 Å². The molecule has 1 aliphatic heterocycles. The van der Waals surface area contributed by atoms with Crippen LogP contribution in [-0.2, 0) is 0 Å². The van der Waals surface area contributed by atoms with E-state index in [1.165, 1.54) is 5.39 Å². The quantitative estimate of drug-likeness (QED) is 0.680. The van der Waals surface area contributed by atoms with Crippen LogP contribution in [0, 0.1) is 0 Å². The SMILES string of the molecule is C1=CC(c2cc3ccccc3[nH]2)Oc2ccccc21. The molecule has 1 N–H and O–H groups in total. The highest BCUT2D eigenvalue weighted by molar-refractivity contribution is 5.80. The summed E-state index contributed by atoms with van der Waals surface area (Å²) in [5.41, 5.74) is 3.37. The van der Waals surface area contributed by atoms with Crippen molar-refractivity contribution >= 4 is 17.0 Å². The van der Waals surface area contributed by atoms with Crippen molar-refractivity contribution in [2.24, 2.45) is 0 Å². The number of hydrogen-bond acceptors (Lipinski definition) is 1. The second-order valence-electron chi connectivity index (χ2n) is 4.75. The van der Waals surface area contributed by atoms with Crippen LogP contribution in [0.5, 0.6) is 5.75 Å². The molecule has 1 aliphatic rings. The molecule has 19 heavy (non-hydrogen) atoms. The molecular formula is C17H13NO. The predicted molar refractivity (Wildman–Crippen MR) is 77.1 cm³/mol. The number of aromatic nitrogens is 1. The molecule has 0 bridgehead atoms. The zero-order chi connectivity index (χ0) is 12.7. The topological polar surface area (TPSA) is 25.0 Å². The summed E-state index contributed by atoms with van der Waals surface area (Å²) in [4.78, 5) is 3.42. The Bertz CT molecular complexity index is 737. The third kappa shape index (κ3) is 1.73. The summed E-state index contributed by atoms with van der Waals surface area (Å²) in [5, 5.41) is 1.22. The van der Waals surface area contributed by atoms with Gasteiger partial charge in [0.05, 0.1) is 5.69 Å². The lowest BCUT2D eigenvalue weighted by atomic mass is 10.1. The first-order chi connectivity index (χ1) is 9.40. The van der Waals surface area contributed by atoms with Crippen LogP contribution in [-0.4, -0.2) is 4.98 Å². The van der Waals surface area contributed by atoms with Gasteiger partial charge in [0.15, 0.2) is 6.10 Å². The fraction of sp³-hybridized carbons (Fsp3) is 0.0588. The van der Waals surface area contributed by atoms with Gasteiger partial charge in [-0.15, -0.1) is 0 Å². The number of hydrogen-bond donors (Lipinski definition) is 1. The smallest absolute Gasteiger partial charge is 0.157 e. The minimum Gasteiger partial charge on any atom is -0.479 e. The Labute approximate surface area is 111 Å². The van der Waals surface area contributed by atoms with Gasteiger partial charge in [-0.3, -0.25) is 0 Å². The molecule has 0 spiro atoms. The van der Waals surface area contributed by atoms with E-state index in [2.05, 4.69) is 41.4 Å². The third-order valence-corrected chi connectivity index (χ3v) is 3.48. The molecule has 0 fully saturated rings. The van der Waals surface area contributed by atoms with Crippen molar-refractivity contribution in [1.29, 1.82) is 0 Å². The van der Waals surface area contributed by atoms with E-state index >= 15 is 0 Å². The summed E-state index contributed by atoms with van der Waals surface area (Å²) in [7, 11) is 0. The van der Waals surface area contributed by atoms with Gasteiger partial charge >= 0.3 is 0 Å². The maximum atomic E-state index is 6.03. The van der Waals surface area contributed by atoms with Gasteiger partial charge < -0.3 is 9.72 Å². The monoisotopic (exact) mass is 247 g/mol. The van der Waals surface area contributed by atoms with Crippen LogP contribution in [0.4, 0.5) is 0 Å². The van der Waals surface area contributed by atoms with Crippen molar-refractivity contribution in [3.05, 3.63) is 71.9 Å². The van der Waals surface area contributed by atoms with Gasteiger partial charge in [-0.25, -0.2) is 0 Å². The Hall–Kier alpha value is -2.48. The van der Waals surface area contributed by atoms with Gasteiger partial charge in [0.25, 0.3) is 0 Å². The fourth-order valence-electron chi connectivity index (χ4n) is 2.51. The van der Waals surface area contributed by atoms with Crippen molar-refractivity contribution in [2.75, 3.05) is 0 Å². The molecule has 0 saturated carbocycles. The Morgan fingerprint density at radius 3 is 2.74 bits per heavy atom. The lowest BCUT2D eigenvalue weighted by molar-refractivity contribution is 0.248. The van der Waals surface area contributed by atoms with E-state index in [4.69, 9.17) is 4.74 Å². The van der Waals surface area contributed by atoms with Crippen molar-refractivity contribution in [2.45, 2.75) is 6.10 Å². The first-order valence-corrected chi connectivity index (χ1v) is 6.42. The number of rotatable bonds is 1. The molecule has 2 aromatic carbocycles. The molecule has 0 aliphatic carbocycles. The summed E-state index contributed by atoms with van der Waals surface area (Å²) in [6, 6.07) is 18.5. The van der Waals surface area contributed by atoms with Crippen LogP contribution in [0.15, 0.2) is 60.7 Å². The molecule has 2 heterocycles. The highest BCUT2D eigenvalue weighted by atomic mass is 16.5. The number of nitrogens with one attached hydrogen (secondary N) is 1. The molecule has 2 nitrogen and oxygen atoms in total. The van der Waals surface area contributed by atoms with E-state index in [1.54, 1.807) is 0 Å². The maximum absolute atomic E-state index is 6.03. The van der Waals surface area contributed by atoms with Crippen LogP contribution in [0.2, 0.25) is 0 Å². The first kappa shape index (κ1) is 10.4. The molecule has 92 valence electrons. The zero-order valence-electron chi connectivity index (χ0n) is 10.3. The molecule has 3 aromatic rings. The summed E-state index contributed by atoms with van der Waals surface area (Å²) in [6.07, 6.45) is 4.17. The lowest BCUT2D eigenvalue weighted by Crippen LogP contribution is -2.08. The van der Waals surface area contributed by atoms with Gasteiger partial charge in [0.2, 0.25) is 0 Å². The lowest BCUT2D eigenvalue weighted by Gasteiger charge is -2.20. The normalized spacial score (nSPS) is 17.2. The summed E-state index contributed by atoms with van der Waals surface area (Å²) >= 11 is 0. The van der Waals surface area contributed by atoms with Gasteiger partial charge in [0.1, 0.15) is 5.75 Å². The molecule has 1 atom stereocenters. The number of aromatic amines is 1. The number of benzene rings is 2. The van der Waals surface area contributed by atoms with Crippen LogP contribution >= 0.6 is 0 Å². The Balaban J connectivity index is 1.75. The minimum absolute atomic E-state index is 0.0395. The van der Waals surface area contributed by atoms with E-state index in [0.717, 1.165) is 22.5 Å². The molecule has 0 saturated heterocycles.